The highest BCUT2D eigenvalue weighted by Crippen LogP contribution is 2.39. The van der Waals surface area contributed by atoms with Gasteiger partial charge in [-0.3, -0.25) is 15.0 Å². The Morgan fingerprint density at radius 3 is 2.20 bits per heavy atom. The molecule has 0 fully saturated rings. The summed E-state index contributed by atoms with van der Waals surface area (Å²) in [5.41, 5.74) is 5.08. The maximum absolute atomic E-state index is 13.2. The monoisotopic (exact) mass is 554 g/mol. The fourth-order valence-electron chi connectivity index (χ4n) is 4.33. The van der Waals surface area contributed by atoms with Crippen LogP contribution in [0, 0.1) is 6.92 Å². The summed E-state index contributed by atoms with van der Waals surface area (Å²) in [6.45, 7) is 8.22. The Hall–Kier alpha value is -4.63. The van der Waals surface area contributed by atoms with Crippen LogP contribution in [0.2, 0.25) is 0 Å². The fourth-order valence-corrected chi connectivity index (χ4v) is 5.38. The topological polar surface area (TPSA) is 113 Å². The van der Waals surface area contributed by atoms with Gasteiger partial charge in [0.1, 0.15) is 0 Å². The van der Waals surface area contributed by atoms with Crippen LogP contribution >= 0.6 is 0 Å². The van der Waals surface area contributed by atoms with Crippen LogP contribution in [0.5, 0.6) is 5.88 Å². The van der Waals surface area contributed by atoms with Gasteiger partial charge < -0.3 is 9.72 Å². The first-order valence-corrected chi connectivity index (χ1v) is 14.2. The van der Waals surface area contributed by atoms with Crippen LogP contribution in [-0.2, 0) is 15.4 Å². The summed E-state index contributed by atoms with van der Waals surface area (Å²) >= 11 is 0. The number of rotatable bonds is 6. The number of nitrogens with zero attached hydrogens (tertiary/aromatic N) is 1. The van der Waals surface area contributed by atoms with Crippen molar-refractivity contribution in [2.75, 3.05) is 10.0 Å². The van der Waals surface area contributed by atoms with E-state index in [1.165, 1.54) is 0 Å². The van der Waals surface area contributed by atoms with Gasteiger partial charge in [-0.05, 0) is 65.9 Å². The van der Waals surface area contributed by atoms with E-state index in [-0.39, 0.29) is 16.2 Å². The Kier molecular flexibility index (Phi) is 7.08. The first kappa shape index (κ1) is 27.0. The minimum absolute atomic E-state index is 0.0869. The van der Waals surface area contributed by atoms with Crippen LogP contribution in [-0.4, -0.2) is 24.5 Å². The van der Waals surface area contributed by atoms with Crippen LogP contribution in [0.3, 0.4) is 0 Å². The average Bonchev–Trinajstić information content (AvgIpc) is 3.26. The molecule has 0 spiro atoms. The second-order valence-electron chi connectivity index (χ2n) is 10.6. The number of anilines is 2. The summed E-state index contributed by atoms with van der Waals surface area (Å²) in [4.78, 5) is 20.0. The molecule has 9 heteroatoms. The van der Waals surface area contributed by atoms with E-state index in [1.54, 1.807) is 54.9 Å². The molecule has 0 atom stereocenters. The van der Waals surface area contributed by atoms with Gasteiger partial charge in [0, 0.05) is 34.7 Å². The summed E-state index contributed by atoms with van der Waals surface area (Å²) in [5, 5.41) is 3.38. The number of H-pyrrole nitrogens is 1. The highest BCUT2D eigenvalue weighted by Gasteiger charge is 2.21. The molecular formula is C31H30N4O4S. The van der Waals surface area contributed by atoms with Crippen LogP contribution in [0.4, 0.5) is 16.2 Å². The van der Waals surface area contributed by atoms with Crippen molar-refractivity contribution >= 4 is 38.4 Å². The summed E-state index contributed by atoms with van der Waals surface area (Å²) < 4.78 is 34.8. The number of aromatic amines is 1. The lowest BCUT2D eigenvalue weighted by molar-refractivity contribution is 0.214. The van der Waals surface area contributed by atoms with E-state index in [0.29, 0.717) is 27.8 Å². The minimum atomic E-state index is -3.83. The fraction of sp³-hybridized carbons (Fsp3) is 0.161. The Balaban J connectivity index is 1.50. The first-order chi connectivity index (χ1) is 19.0. The number of carbonyl (C=O) groups excluding carboxylic acids is 1. The largest absolute Gasteiger partial charge is 0.418 e. The number of hydrogen-bond acceptors (Lipinski definition) is 5. The number of ether oxygens (including phenoxy) is 1. The van der Waals surface area contributed by atoms with Gasteiger partial charge in [0.15, 0.2) is 0 Å². The highest BCUT2D eigenvalue weighted by atomic mass is 32.2. The van der Waals surface area contributed by atoms with Crippen LogP contribution in [0.25, 0.3) is 22.0 Å². The third-order valence-electron chi connectivity index (χ3n) is 6.51. The summed E-state index contributed by atoms with van der Waals surface area (Å²) in [6, 6.07) is 23.1. The van der Waals surface area contributed by atoms with E-state index in [0.717, 1.165) is 16.7 Å². The summed E-state index contributed by atoms with van der Waals surface area (Å²) in [5.74, 6) is 0.239. The van der Waals surface area contributed by atoms with Crippen LogP contribution < -0.4 is 14.8 Å². The van der Waals surface area contributed by atoms with Crippen molar-refractivity contribution in [2.45, 2.75) is 38.0 Å². The number of hydrogen-bond donors (Lipinski definition) is 3. The molecule has 2 heterocycles. The Morgan fingerprint density at radius 2 is 1.55 bits per heavy atom. The Bertz CT molecular complexity index is 1770. The minimum Gasteiger partial charge on any atom is -0.392 e. The number of nitrogens with one attached hydrogen (secondary N) is 3. The molecule has 0 aliphatic rings. The third kappa shape index (κ3) is 5.84. The molecule has 3 aromatic carbocycles. The van der Waals surface area contributed by atoms with Gasteiger partial charge in [-0.1, -0.05) is 62.7 Å². The zero-order valence-corrected chi connectivity index (χ0v) is 23.5. The molecule has 5 rings (SSSR count). The Labute approximate surface area is 233 Å². The second-order valence-corrected chi connectivity index (χ2v) is 12.3. The normalized spacial score (nSPS) is 11.8. The molecule has 0 saturated heterocycles. The SMILES string of the molecule is Cc1ccc(-c2c(OC(=O)Nc3ccncc3)[nH]c3ccc(NS(=O)(=O)c4ccc(C(C)(C)C)cc4)cc23)cc1. The quantitative estimate of drug-likeness (QED) is 0.205. The van der Waals surface area contributed by atoms with Crippen molar-refractivity contribution in [3.8, 4) is 17.0 Å². The third-order valence-corrected chi connectivity index (χ3v) is 7.91. The number of benzene rings is 3. The van der Waals surface area contributed by atoms with Gasteiger partial charge in [-0.2, -0.15) is 0 Å². The molecule has 0 unspecified atom stereocenters. The van der Waals surface area contributed by atoms with E-state index in [9.17, 15) is 13.2 Å². The maximum atomic E-state index is 13.2. The molecule has 2 aromatic heterocycles. The van der Waals surface area contributed by atoms with E-state index in [4.69, 9.17) is 4.74 Å². The smallest absolute Gasteiger partial charge is 0.392 e. The lowest BCUT2D eigenvalue weighted by atomic mass is 9.87. The van der Waals surface area contributed by atoms with Crippen molar-refractivity contribution < 1.29 is 17.9 Å². The Morgan fingerprint density at radius 1 is 0.875 bits per heavy atom. The highest BCUT2D eigenvalue weighted by molar-refractivity contribution is 7.92. The van der Waals surface area contributed by atoms with Gasteiger partial charge in [0.25, 0.3) is 10.0 Å². The van der Waals surface area contributed by atoms with Crippen molar-refractivity contribution in [3.63, 3.8) is 0 Å². The molecule has 0 saturated carbocycles. The van der Waals surface area contributed by atoms with Crippen molar-refractivity contribution in [3.05, 3.63) is 102 Å². The number of pyridine rings is 1. The molecule has 8 nitrogen and oxygen atoms in total. The molecular weight excluding hydrogens is 524 g/mol. The number of sulfonamides is 1. The van der Waals surface area contributed by atoms with Crippen LogP contribution in [0.1, 0.15) is 31.9 Å². The van der Waals surface area contributed by atoms with Crippen LogP contribution in [0.15, 0.2) is 96.2 Å². The number of fused-ring (bicyclic) bond motifs is 1. The lowest BCUT2D eigenvalue weighted by Crippen LogP contribution is -2.17. The molecule has 0 radical (unpaired) electrons. The van der Waals surface area contributed by atoms with Crippen molar-refractivity contribution in [1.29, 1.82) is 0 Å². The predicted octanol–water partition coefficient (Wildman–Crippen LogP) is 7.25. The number of aryl methyl sites for hydroxylation is 1. The molecule has 0 aliphatic carbocycles. The van der Waals surface area contributed by atoms with Crippen molar-refractivity contribution in [1.82, 2.24) is 9.97 Å². The molecule has 3 N–H and O–H groups in total. The molecule has 0 aliphatic heterocycles. The van der Waals surface area contributed by atoms with E-state index < -0.39 is 16.1 Å². The van der Waals surface area contributed by atoms with Crippen molar-refractivity contribution in [2.24, 2.45) is 0 Å². The van der Waals surface area contributed by atoms with E-state index >= 15 is 0 Å². The molecule has 204 valence electrons. The molecule has 1 amide bonds. The van der Waals surface area contributed by atoms with Gasteiger partial charge >= 0.3 is 6.09 Å². The average molecular weight is 555 g/mol. The standard InChI is InChI=1S/C31H30N4O4S/c1-20-5-7-21(8-6-20)28-26-19-24(35-40(37,38)25-12-9-22(10-13-25)31(2,3)4)11-14-27(26)34-29(28)39-30(36)33-23-15-17-32-18-16-23/h5-19,34-35H,1-4H3,(H,32,33,36). The molecule has 0 bridgehead atoms. The zero-order chi connectivity index (χ0) is 28.5. The second kappa shape index (κ2) is 10.5. The van der Waals surface area contributed by atoms with Gasteiger partial charge in [-0.15, -0.1) is 0 Å². The molecule has 5 aromatic rings. The maximum Gasteiger partial charge on any atom is 0.418 e. The van der Waals surface area contributed by atoms with E-state index in [2.05, 4.69) is 40.8 Å². The summed E-state index contributed by atoms with van der Waals surface area (Å²) in [6.07, 6.45) is 2.46. The van der Waals surface area contributed by atoms with Gasteiger partial charge in [0.2, 0.25) is 5.88 Å². The lowest BCUT2D eigenvalue weighted by Gasteiger charge is -2.19. The van der Waals surface area contributed by atoms with E-state index in [1.807, 2.05) is 43.3 Å². The van der Waals surface area contributed by atoms with Gasteiger partial charge in [-0.25, -0.2) is 13.2 Å². The number of aromatic nitrogens is 2. The zero-order valence-electron chi connectivity index (χ0n) is 22.6. The molecule has 40 heavy (non-hydrogen) atoms. The number of carbonyl (C=O) groups is 1. The van der Waals surface area contributed by atoms with Gasteiger partial charge in [0.05, 0.1) is 10.5 Å². The predicted molar refractivity (Wildman–Crippen MR) is 158 cm³/mol. The summed E-state index contributed by atoms with van der Waals surface area (Å²) in [7, 11) is -3.83. The first-order valence-electron chi connectivity index (χ1n) is 12.7. The number of amides is 1.